The molecule has 0 aliphatic carbocycles. The lowest BCUT2D eigenvalue weighted by molar-refractivity contribution is -0.387. The summed E-state index contributed by atoms with van der Waals surface area (Å²) in [5, 5.41) is 19.8. The summed E-state index contributed by atoms with van der Waals surface area (Å²) in [6.45, 7) is 2.84. The van der Waals surface area contributed by atoms with E-state index in [1.807, 2.05) is 0 Å². The van der Waals surface area contributed by atoms with Gasteiger partial charge in [-0.15, -0.1) is 11.8 Å². The van der Waals surface area contributed by atoms with Crippen LogP contribution in [0.3, 0.4) is 0 Å². The number of thioether (sulfide) groups is 1. The molecule has 0 heterocycles. The lowest BCUT2D eigenvalue weighted by Gasteiger charge is -2.18. The highest BCUT2D eigenvalue weighted by atomic mass is 79.9. The van der Waals surface area contributed by atoms with E-state index in [9.17, 15) is 19.3 Å². The zero-order valence-electron chi connectivity index (χ0n) is 9.44. The van der Waals surface area contributed by atoms with Crippen molar-refractivity contribution in [2.75, 3.05) is 0 Å². The van der Waals surface area contributed by atoms with E-state index in [1.165, 1.54) is 19.9 Å². The molecule has 0 amide bonds. The van der Waals surface area contributed by atoms with Crippen molar-refractivity contribution in [3.05, 3.63) is 32.5 Å². The number of hydrogen-bond donors (Lipinski definition) is 1. The minimum Gasteiger partial charge on any atom is -0.480 e. The molecule has 0 saturated carbocycles. The largest absolute Gasteiger partial charge is 0.480 e. The fourth-order valence-electron chi connectivity index (χ4n) is 1.06. The number of hydrogen-bond acceptors (Lipinski definition) is 4. The van der Waals surface area contributed by atoms with E-state index in [0.717, 1.165) is 17.8 Å². The van der Waals surface area contributed by atoms with Crippen molar-refractivity contribution in [2.45, 2.75) is 23.5 Å². The van der Waals surface area contributed by atoms with E-state index in [4.69, 9.17) is 5.11 Å². The summed E-state index contributed by atoms with van der Waals surface area (Å²) in [7, 11) is 0. The molecule has 0 aliphatic heterocycles. The molecule has 1 aromatic rings. The first-order valence-corrected chi connectivity index (χ1v) is 6.32. The van der Waals surface area contributed by atoms with Crippen molar-refractivity contribution in [1.82, 2.24) is 0 Å². The first kappa shape index (κ1) is 14.9. The van der Waals surface area contributed by atoms with Crippen LogP contribution in [0.4, 0.5) is 10.1 Å². The van der Waals surface area contributed by atoms with Crippen molar-refractivity contribution in [2.24, 2.45) is 0 Å². The molecule has 5 nitrogen and oxygen atoms in total. The Hall–Kier alpha value is -1.15. The van der Waals surface area contributed by atoms with Gasteiger partial charge in [-0.3, -0.25) is 14.9 Å². The molecule has 0 aromatic heterocycles. The summed E-state index contributed by atoms with van der Waals surface area (Å²) in [6, 6.07) is 1.98. The van der Waals surface area contributed by atoms with E-state index in [2.05, 4.69) is 15.9 Å². The molecular weight excluding hydrogens is 329 g/mol. The molecule has 0 spiro atoms. The molecule has 0 fully saturated rings. The van der Waals surface area contributed by atoms with Crippen molar-refractivity contribution in [3.63, 3.8) is 0 Å². The highest BCUT2D eigenvalue weighted by molar-refractivity contribution is 9.10. The van der Waals surface area contributed by atoms with Gasteiger partial charge in [0.05, 0.1) is 20.4 Å². The Kier molecular flexibility index (Phi) is 4.33. The van der Waals surface area contributed by atoms with Gasteiger partial charge in [0.1, 0.15) is 10.6 Å². The Balaban J connectivity index is 3.27. The van der Waals surface area contributed by atoms with Gasteiger partial charge in [0.15, 0.2) is 0 Å². The monoisotopic (exact) mass is 337 g/mol. The summed E-state index contributed by atoms with van der Waals surface area (Å²) in [4.78, 5) is 21.1. The predicted octanol–water partition coefficient (Wildman–Crippen LogP) is 3.45. The van der Waals surface area contributed by atoms with Crippen LogP contribution >= 0.6 is 27.7 Å². The smallest absolute Gasteiger partial charge is 0.319 e. The molecule has 98 valence electrons. The van der Waals surface area contributed by atoms with Crippen LogP contribution in [0.15, 0.2) is 21.5 Å². The van der Waals surface area contributed by atoms with Gasteiger partial charge in [0, 0.05) is 0 Å². The maximum Gasteiger partial charge on any atom is 0.319 e. The quantitative estimate of drug-likeness (QED) is 0.517. The standard InChI is InChI=1S/C10H9BrFNO4S/c1-10(2,9(14)15)18-8-3-5(11)6(12)4-7(8)13(16)17/h3-4H,1-2H3,(H,14,15). The Bertz CT molecular complexity index is 521. The van der Waals surface area contributed by atoms with Gasteiger partial charge in [-0.1, -0.05) is 0 Å². The average Bonchev–Trinajstić information content (AvgIpc) is 2.22. The average molecular weight is 338 g/mol. The zero-order valence-corrected chi connectivity index (χ0v) is 11.8. The van der Waals surface area contributed by atoms with Crippen LogP contribution in [0, 0.1) is 15.9 Å². The minimum atomic E-state index is -1.25. The molecule has 8 heteroatoms. The molecule has 1 N–H and O–H groups in total. The third-order valence-electron chi connectivity index (χ3n) is 2.08. The van der Waals surface area contributed by atoms with Crippen LogP contribution < -0.4 is 0 Å². The lowest BCUT2D eigenvalue weighted by Crippen LogP contribution is -2.27. The molecular formula is C10H9BrFNO4S. The van der Waals surface area contributed by atoms with Crippen LogP contribution in [0.1, 0.15) is 13.8 Å². The number of halogens is 2. The number of nitro groups is 1. The fourth-order valence-corrected chi connectivity index (χ4v) is 2.61. The van der Waals surface area contributed by atoms with Gasteiger partial charge < -0.3 is 5.11 Å². The summed E-state index contributed by atoms with van der Waals surface area (Å²) in [5.41, 5.74) is -0.449. The fraction of sp³-hybridized carbons (Fsp3) is 0.300. The van der Waals surface area contributed by atoms with Crippen molar-refractivity contribution < 1.29 is 19.2 Å². The van der Waals surface area contributed by atoms with Gasteiger partial charge >= 0.3 is 5.97 Å². The number of carboxylic acids is 1. The van der Waals surface area contributed by atoms with E-state index in [0.29, 0.717) is 0 Å². The first-order chi connectivity index (χ1) is 8.15. The van der Waals surface area contributed by atoms with Gasteiger partial charge in [0.25, 0.3) is 5.69 Å². The molecule has 0 aliphatic rings. The summed E-state index contributed by atoms with van der Waals surface area (Å²) >= 11 is 3.71. The molecule has 0 bridgehead atoms. The number of carbonyl (C=O) groups is 1. The van der Waals surface area contributed by atoms with Crippen LogP contribution in [0.25, 0.3) is 0 Å². The normalized spacial score (nSPS) is 11.3. The Labute approximate surface area is 115 Å². The zero-order chi connectivity index (χ0) is 14.1. The molecule has 0 saturated heterocycles. The van der Waals surface area contributed by atoms with Crippen LogP contribution in [0.2, 0.25) is 0 Å². The molecule has 0 unspecified atom stereocenters. The molecule has 1 aromatic carbocycles. The second-order valence-electron chi connectivity index (χ2n) is 3.91. The van der Waals surface area contributed by atoms with Crippen molar-refractivity contribution in [1.29, 1.82) is 0 Å². The molecule has 0 atom stereocenters. The molecule has 18 heavy (non-hydrogen) atoms. The van der Waals surface area contributed by atoms with Crippen molar-refractivity contribution in [3.8, 4) is 0 Å². The minimum absolute atomic E-state index is 0.0526. The second kappa shape index (κ2) is 5.23. The number of benzene rings is 1. The van der Waals surface area contributed by atoms with E-state index >= 15 is 0 Å². The van der Waals surface area contributed by atoms with Crippen LogP contribution in [-0.4, -0.2) is 20.7 Å². The maximum absolute atomic E-state index is 13.2. The lowest BCUT2D eigenvalue weighted by atomic mass is 10.2. The third kappa shape index (κ3) is 3.20. The summed E-state index contributed by atoms with van der Waals surface area (Å²) < 4.78 is 12.0. The topological polar surface area (TPSA) is 80.4 Å². The predicted molar refractivity (Wildman–Crippen MR) is 68.3 cm³/mol. The van der Waals surface area contributed by atoms with Gasteiger partial charge in [0.2, 0.25) is 0 Å². The highest BCUT2D eigenvalue weighted by Crippen LogP contribution is 2.40. The second-order valence-corrected chi connectivity index (χ2v) is 6.43. The van der Waals surface area contributed by atoms with Crippen LogP contribution in [-0.2, 0) is 4.79 Å². The number of carboxylic acid groups (broad SMARTS) is 1. The van der Waals surface area contributed by atoms with Crippen LogP contribution in [0.5, 0.6) is 0 Å². The number of rotatable bonds is 4. The number of nitro benzene ring substituents is 1. The Morgan fingerprint density at radius 2 is 2.11 bits per heavy atom. The van der Waals surface area contributed by atoms with Gasteiger partial charge in [-0.05, 0) is 35.8 Å². The van der Waals surface area contributed by atoms with E-state index in [-0.39, 0.29) is 9.37 Å². The SMILES string of the molecule is CC(C)(Sc1cc(Br)c(F)cc1[N+](=O)[O-])C(=O)O. The maximum atomic E-state index is 13.2. The summed E-state index contributed by atoms with van der Waals surface area (Å²) in [6.07, 6.45) is 0. The Morgan fingerprint density at radius 1 is 1.56 bits per heavy atom. The summed E-state index contributed by atoms with van der Waals surface area (Å²) in [5.74, 6) is -1.87. The third-order valence-corrected chi connectivity index (χ3v) is 3.92. The van der Waals surface area contributed by atoms with E-state index < -0.39 is 27.1 Å². The Morgan fingerprint density at radius 3 is 2.56 bits per heavy atom. The molecule has 0 radical (unpaired) electrons. The highest BCUT2D eigenvalue weighted by Gasteiger charge is 2.32. The van der Waals surface area contributed by atoms with Crippen molar-refractivity contribution >= 4 is 39.3 Å². The number of aliphatic carboxylic acids is 1. The molecule has 1 rings (SSSR count). The van der Waals surface area contributed by atoms with Gasteiger partial charge in [-0.2, -0.15) is 0 Å². The first-order valence-electron chi connectivity index (χ1n) is 4.71. The van der Waals surface area contributed by atoms with E-state index in [1.54, 1.807) is 0 Å². The number of nitrogens with zero attached hydrogens (tertiary/aromatic N) is 1. The van der Waals surface area contributed by atoms with Gasteiger partial charge in [-0.25, -0.2) is 4.39 Å².